The molecule has 4 aromatic carbocycles. The summed E-state index contributed by atoms with van der Waals surface area (Å²) >= 11 is 0. The number of hydrogen-bond donors (Lipinski definition) is 1. The number of esters is 1. The summed E-state index contributed by atoms with van der Waals surface area (Å²) in [6.45, 7) is 8.00. The zero-order valence-electron chi connectivity index (χ0n) is 27.5. The maximum atomic E-state index is 13.3. The molecule has 5 rings (SSSR count). The van der Waals surface area contributed by atoms with Gasteiger partial charge in [0.05, 0.1) is 7.11 Å². The lowest BCUT2D eigenvalue weighted by Crippen LogP contribution is -2.35. The van der Waals surface area contributed by atoms with Gasteiger partial charge in [-0.2, -0.15) is 0 Å². The first-order valence-corrected chi connectivity index (χ1v) is 16.1. The smallest absolute Gasteiger partial charge is 0.308 e. The van der Waals surface area contributed by atoms with Crippen LogP contribution in [0.3, 0.4) is 0 Å². The van der Waals surface area contributed by atoms with Gasteiger partial charge in [-0.25, -0.2) is 0 Å². The summed E-state index contributed by atoms with van der Waals surface area (Å²) < 4.78 is 17.3. The number of benzene rings is 4. The highest BCUT2D eigenvalue weighted by molar-refractivity contribution is 6.05. The van der Waals surface area contributed by atoms with Crippen LogP contribution in [0.25, 0.3) is 22.3 Å². The number of nitrogens with one attached hydrogen (secondary N) is 1. The number of piperidine rings is 1. The largest absolute Gasteiger partial charge is 0.496 e. The first kappa shape index (κ1) is 32.8. The number of methoxy groups -OCH3 is 1. The van der Waals surface area contributed by atoms with Gasteiger partial charge in [0.25, 0.3) is 5.91 Å². The number of amides is 1. The molecule has 46 heavy (non-hydrogen) atoms. The van der Waals surface area contributed by atoms with E-state index >= 15 is 0 Å². The molecule has 0 bridgehead atoms. The van der Waals surface area contributed by atoms with Crippen LogP contribution in [-0.2, 0) is 11.2 Å². The van der Waals surface area contributed by atoms with Gasteiger partial charge in [0.15, 0.2) is 0 Å². The second-order valence-corrected chi connectivity index (χ2v) is 12.4. The van der Waals surface area contributed by atoms with E-state index in [0.29, 0.717) is 28.7 Å². The summed E-state index contributed by atoms with van der Waals surface area (Å²) in [5.74, 6) is 2.00. The third-order valence-corrected chi connectivity index (χ3v) is 8.36. The van der Waals surface area contributed by atoms with Crippen LogP contribution in [0.1, 0.15) is 56.0 Å². The molecule has 1 aliphatic heterocycles. The van der Waals surface area contributed by atoms with Crippen molar-refractivity contribution in [3.8, 4) is 39.5 Å². The predicted octanol–water partition coefficient (Wildman–Crippen LogP) is 8.27. The Kier molecular flexibility index (Phi) is 10.8. The average molecular weight is 621 g/mol. The molecule has 0 aromatic heterocycles. The van der Waals surface area contributed by atoms with Gasteiger partial charge in [-0.3, -0.25) is 9.59 Å². The number of aryl methyl sites for hydroxylation is 1. The molecule has 240 valence electrons. The van der Waals surface area contributed by atoms with Crippen molar-refractivity contribution in [2.75, 3.05) is 32.6 Å². The lowest BCUT2D eigenvalue weighted by molar-refractivity contribution is -0.131. The molecule has 1 amide bonds. The number of carbonyl (C=O) groups excluding carboxylic acids is 2. The van der Waals surface area contributed by atoms with Crippen LogP contribution in [0.4, 0.5) is 5.69 Å². The highest BCUT2D eigenvalue weighted by Gasteiger charge is 2.20. The van der Waals surface area contributed by atoms with Crippen LogP contribution < -0.4 is 19.5 Å². The lowest BCUT2D eigenvalue weighted by Gasteiger charge is -2.30. The third kappa shape index (κ3) is 8.55. The summed E-state index contributed by atoms with van der Waals surface area (Å²) in [7, 11) is 3.75. The van der Waals surface area contributed by atoms with Crippen LogP contribution in [0.5, 0.6) is 17.2 Å². The summed E-state index contributed by atoms with van der Waals surface area (Å²) in [5.41, 5.74) is 6.12. The molecule has 1 N–H and O–H groups in total. The molecule has 0 saturated carbocycles. The first-order valence-electron chi connectivity index (χ1n) is 16.1. The molecule has 1 saturated heterocycles. The minimum atomic E-state index is -0.399. The molecule has 7 nitrogen and oxygen atoms in total. The Morgan fingerprint density at radius 1 is 0.870 bits per heavy atom. The first-order chi connectivity index (χ1) is 22.2. The molecular formula is C39H44N2O5. The van der Waals surface area contributed by atoms with E-state index in [0.717, 1.165) is 66.8 Å². The molecule has 0 unspecified atom stereocenters. The van der Waals surface area contributed by atoms with E-state index < -0.39 is 5.97 Å². The van der Waals surface area contributed by atoms with Crippen molar-refractivity contribution in [2.24, 2.45) is 5.92 Å². The van der Waals surface area contributed by atoms with E-state index in [1.165, 1.54) is 12.5 Å². The summed E-state index contributed by atoms with van der Waals surface area (Å²) in [6, 6.07) is 26.9. The van der Waals surface area contributed by atoms with E-state index in [2.05, 4.69) is 49.3 Å². The third-order valence-electron chi connectivity index (χ3n) is 8.36. The second kappa shape index (κ2) is 15.1. The fraction of sp³-hybridized carbons (Fsp3) is 0.333. The summed E-state index contributed by atoms with van der Waals surface area (Å²) in [6.07, 6.45) is 4.43. The van der Waals surface area contributed by atoms with Crippen molar-refractivity contribution < 1.29 is 23.8 Å². The predicted molar refractivity (Wildman–Crippen MR) is 184 cm³/mol. The average Bonchev–Trinajstić information content (AvgIpc) is 3.05. The van der Waals surface area contributed by atoms with Crippen molar-refractivity contribution in [3.63, 3.8) is 0 Å². The molecule has 1 aliphatic rings. The van der Waals surface area contributed by atoms with E-state index in [1.54, 1.807) is 43.5 Å². The summed E-state index contributed by atoms with van der Waals surface area (Å²) in [5, 5.41) is 3.02. The summed E-state index contributed by atoms with van der Waals surface area (Å²) in [4.78, 5) is 27.1. The molecule has 0 aliphatic carbocycles. The van der Waals surface area contributed by atoms with Gasteiger partial charge in [0.2, 0.25) is 0 Å². The Bertz CT molecular complexity index is 1660. The molecule has 0 radical (unpaired) electrons. The number of rotatable bonds is 11. The number of hydrogen-bond acceptors (Lipinski definition) is 6. The maximum Gasteiger partial charge on any atom is 0.308 e. The van der Waals surface area contributed by atoms with Gasteiger partial charge in [0, 0.05) is 36.8 Å². The second-order valence-electron chi connectivity index (χ2n) is 12.4. The number of nitrogens with zero attached hydrogens (tertiary/aromatic N) is 1. The monoisotopic (exact) mass is 620 g/mol. The van der Waals surface area contributed by atoms with E-state index in [4.69, 9.17) is 14.2 Å². The van der Waals surface area contributed by atoms with Crippen LogP contribution >= 0.6 is 0 Å². The minimum absolute atomic E-state index is 0.237. The lowest BCUT2D eigenvalue weighted by atomic mass is 9.97. The normalized spacial score (nSPS) is 13.8. The Hall–Kier alpha value is -4.62. The number of ether oxygens (including phenoxy) is 3. The molecular weight excluding hydrogens is 576 g/mol. The molecule has 0 atom stereocenters. The number of carbonyl (C=O) groups is 2. The van der Waals surface area contributed by atoms with Crippen LogP contribution in [-0.4, -0.2) is 50.1 Å². The Morgan fingerprint density at radius 2 is 1.59 bits per heavy atom. The van der Waals surface area contributed by atoms with Gasteiger partial charge in [0.1, 0.15) is 23.4 Å². The SMILES string of the molecule is COc1ccc(C(=O)Nc2ccc(-c3ccc(OC4CCN(C)CC4)c(CCC(C)C)c3)cc2)cc1-c1cccc(OC(C)=O)c1. The van der Waals surface area contributed by atoms with Crippen molar-refractivity contribution in [2.45, 2.75) is 52.6 Å². The molecule has 1 heterocycles. The standard InChI is InChI=1S/C39H44N2O5/c1-26(2)9-10-31-23-29(13-17-37(31)46-34-19-21-41(4)22-20-34)28-11-15-33(16-12-28)40-39(43)32-14-18-38(44-5)36(25-32)30-7-6-8-35(24-30)45-27(3)42/h6-8,11-18,23-26,34H,9-10,19-22H2,1-5H3,(H,40,43). The number of anilines is 1. The van der Waals surface area contributed by atoms with Gasteiger partial charge in [-0.05, 0) is 115 Å². The maximum absolute atomic E-state index is 13.3. The van der Waals surface area contributed by atoms with Gasteiger partial charge in [-0.1, -0.05) is 44.2 Å². The zero-order chi connectivity index (χ0) is 32.6. The fourth-order valence-electron chi connectivity index (χ4n) is 5.71. The number of likely N-dealkylation sites (tertiary alicyclic amines) is 1. The molecule has 4 aromatic rings. The van der Waals surface area contributed by atoms with Crippen LogP contribution in [0, 0.1) is 5.92 Å². The minimum Gasteiger partial charge on any atom is -0.496 e. The molecule has 1 fully saturated rings. The van der Waals surface area contributed by atoms with Gasteiger partial charge < -0.3 is 24.4 Å². The Morgan fingerprint density at radius 3 is 2.28 bits per heavy atom. The molecule has 7 heteroatoms. The van der Waals surface area contributed by atoms with Crippen molar-refractivity contribution in [1.29, 1.82) is 0 Å². The zero-order valence-corrected chi connectivity index (χ0v) is 27.5. The highest BCUT2D eigenvalue weighted by atomic mass is 16.5. The van der Waals surface area contributed by atoms with Gasteiger partial charge in [-0.15, -0.1) is 0 Å². The highest BCUT2D eigenvalue weighted by Crippen LogP contribution is 2.34. The topological polar surface area (TPSA) is 77.1 Å². The Balaban J connectivity index is 1.31. The fourth-order valence-corrected chi connectivity index (χ4v) is 5.71. The van der Waals surface area contributed by atoms with E-state index in [-0.39, 0.29) is 12.0 Å². The van der Waals surface area contributed by atoms with Gasteiger partial charge >= 0.3 is 5.97 Å². The van der Waals surface area contributed by atoms with Crippen molar-refractivity contribution >= 4 is 17.6 Å². The van der Waals surface area contributed by atoms with Crippen LogP contribution in [0.2, 0.25) is 0 Å². The quantitative estimate of drug-likeness (QED) is 0.134. The van der Waals surface area contributed by atoms with E-state index in [9.17, 15) is 9.59 Å². The van der Waals surface area contributed by atoms with E-state index in [1.807, 2.05) is 30.3 Å². The van der Waals surface area contributed by atoms with Crippen molar-refractivity contribution in [1.82, 2.24) is 4.90 Å². The molecule has 0 spiro atoms. The Labute approximate surface area is 272 Å². The van der Waals surface area contributed by atoms with Crippen LogP contribution in [0.15, 0.2) is 84.9 Å². The van der Waals surface area contributed by atoms with Crippen molar-refractivity contribution in [3.05, 3.63) is 96.1 Å².